The van der Waals surface area contributed by atoms with E-state index >= 15 is 0 Å². The van der Waals surface area contributed by atoms with Gasteiger partial charge < -0.3 is 5.32 Å². The molecule has 1 aliphatic rings. The Morgan fingerprint density at radius 1 is 1.50 bits per heavy atom. The minimum Gasteiger partial charge on any atom is -0.387 e. The van der Waals surface area contributed by atoms with Gasteiger partial charge in [-0.15, -0.1) is 10.2 Å². The molecule has 1 aliphatic carbocycles. The molecule has 1 aromatic heterocycles. The molecular weight excluding hydrogens is 288 g/mol. The summed E-state index contributed by atoms with van der Waals surface area (Å²) in [6.45, 7) is 0.0898. The molecule has 1 N–H and O–H groups in total. The lowest BCUT2D eigenvalue weighted by atomic mass is 10.2. The summed E-state index contributed by atoms with van der Waals surface area (Å²) in [6.07, 6.45) is -0.102. The van der Waals surface area contributed by atoms with Crippen LogP contribution in [0.25, 0.3) is 11.4 Å². The fraction of sp³-hybridized carbons (Fsp3) is 0.417. The molecule has 1 fully saturated rings. The molecule has 0 saturated heterocycles. The van der Waals surface area contributed by atoms with Gasteiger partial charge in [-0.3, -0.25) is 0 Å². The van der Waals surface area contributed by atoms with Crippen molar-refractivity contribution < 1.29 is 8.78 Å². The minimum atomic E-state index is -2.58. The Bertz CT molecular complexity index is 643. The van der Waals surface area contributed by atoms with Gasteiger partial charge >= 0.3 is 0 Å². The molecule has 20 heavy (non-hydrogen) atoms. The topological polar surface area (TPSA) is 55.6 Å². The van der Waals surface area contributed by atoms with Gasteiger partial charge in [0.15, 0.2) is 0 Å². The lowest BCUT2D eigenvalue weighted by molar-refractivity contribution is 0.0930. The highest BCUT2D eigenvalue weighted by Crippen LogP contribution is 2.49. The SMILES string of the molecule is CNc1cc(-c2nnn(CC3CC3(F)F)n2)ccc1Cl. The lowest BCUT2D eigenvalue weighted by Crippen LogP contribution is -2.08. The summed E-state index contributed by atoms with van der Waals surface area (Å²) in [5.41, 5.74) is 1.47. The zero-order valence-corrected chi connectivity index (χ0v) is 11.4. The first-order chi connectivity index (χ1) is 9.49. The maximum atomic E-state index is 12.8. The summed E-state index contributed by atoms with van der Waals surface area (Å²) in [5.74, 6) is -2.86. The van der Waals surface area contributed by atoms with E-state index in [2.05, 4.69) is 20.7 Å². The van der Waals surface area contributed by atoms with Gasteiger partial charge in [0, 0.05) is 24.9 Å². The Labute approximate surface area is 118 Å². The monoisotopic (exact) mass is 299 g/mol. The predicted octanol–water partition coefficient (Wildman–Crippen LogP) is 2.69. The molecule has 0 spiro atoms. The summed E-state index contributed by atoms with van der Waals surface area (Å²) in [6, 6.07) is 5.27. The molecule has 2 aromatic rings. The highest BCUT2D eigenvalue weighted by atomic mass is 35.5. The summed E-state index contributed by atoms with van der Waals surface area (Å²) >= 11 is 5.99. The minimum absolute atomic E-state index is 0.0898. The van der Waals surface area contributed by atoms with E-state index in [1.807, 2.05) is 0 Å². The van der Waals surface area contributed by atoms with Crippen molar-refractivity contribution >= 4 is 17.3 Å². The Hall–Kier alpha value is -1.76. The van der Waals surface area contributed by atoms with Gasteiger partial charge in [0.1, 0.15) is 0 Å². The standard InChI is InChI=1S/C12H12ClF2N5/c1-16-10-4-7(2-3-9(10)13)11-17-19-20(18-11)6-8-5-12(8,14)15/h2-4,8,16H,5-6H2,1H3. The van der Waals surface area contributed by atoms with E-state index in [-0.39, 0.29) is 13.0 Å². The van der Waals surface area contributed by atoms with Gasteiger partial charge in [0.25, 0.3) is 5.92 Å². The van der Waals surface area contributed by atoms with Gasteiger partial charge in [0.05, 0.1) is 17.3 Å². The highest BCUT2D eigenvalue weighted by molar-refractivity contribution is 6.33. The third-order valence-electron chi connectivity index (χ3n) is 3.29. The van der Waals surface area contributed by atoms with Crippen LogP contribution < -0.4 is 5.32 Å². The molecule has 1 atom stereocenters. The largest absolute Gasteiger partial charge is 0.387 e. The first-order valence-corrected chi connectivity index (χ1v) is 6.51. The number of tetrazole rings is 1. The molecule has 8 heteroatoms. The maximum Gasteiger partial charge on any atom is 0.253 e. The molecular formula is C12H12ClF2N5. The number of benzene rings is 1. The number of halogens is 3. The number of nitrogens with one attached hydrogen (secondary N) is 1. The molecule has 0 bridgehead atoms. The van der Waals surface area contributed by atoms with Crippen molar-refractivity contribution in [3.63, 3.8) is 0 Å². The number of alkyl halides is 2. The molecule has 1 unspecified atom stereocenters. The summed E-state index contributed by atoms with van der Waals surface area (Å²) in [5, 5.41) is 15.3. The second kappa shape index (κ2) is 4.66. The van der Waals surface area contributed by atoms with E-state index in [0.29, 0.717) is 10.8 Å². The average molecular weight is 300 g/mol. The number of nitrogens with zero attached hydrogens (tertiary/aromatic N) is 4. The van der Waals surface area contributed by atoms with Crippen molar-refractivity contribution in [2.24, 2.45) is 5.92 Å². The highest BCUT2D eigenvalue weighted by Gasteiger charge is 2.57. The fourth-order valence-corrected chi connectivity index (χ4v) is 2.17. The molecule has 106 valence electrons. The molecule has 1 saturated carbocycles. The molecule has 0 amide bonds. The van der Waals surface area contributed by atoms with Crippen LogP contribution in [0.3, 0.4) is 0 Å². The van der Waals surface area contributed by atoms with Crippen molar-refractivity contribution in [1.82, 2.24) is 20.2 Å². The van der Waals surface area contributed by atoms with Crippen LogP contribution in [0.5, 0.6) is 0 Å². The van der Waals surface area contributed by atoms with Gasteiger partial charge in [-0.25, -0.2) is 8.78 Å². The zero-order chi connectivity index (χ0) is 14.3. The van der Waals surface area contributed by atoms with E-state index in [0.717, 1.165) is 11.3 Å². The van der Waals surface area contributed by atoms with Crippen LogP contribution in [-0.2, 0) is 6.54 Å². The van der Waals surface area contributed by atoms with Crippen LogP contribution in [0.2, 0.25) is 5.02 Å². The third kappa shape index (κ3) is 2.45. The zero-order valence-electron chi connectivity index (χ0n) is 10.6. The van der Waals surface area contributed by atoms with E-state index < -0.39 is 11.8 Å². The Morgan fingerprint density at radius 3 is 2.90 bits per heavy atom. The normalized spacial score (nSPS) is 19.9. The average Bonchev–Trinajstić information content (AvgIpc) is 2.82. The van der Waals surface area contributed by atoms with Crippen LogP contribution in [0.4, 0.5) is 14.5 Å². The molecule has 1 heterocycles. The quantitative estimate of drug-likeness (QED) is 0.943. The van der Waals surface area contributed by atoms with Crippen LogP contribution in [-0.4, -0.2) is 33.2 Å². The number of hydrogen-bond acceptors (Lipinski definition) is 4. The van der Waals surface area contributed by atoms with Crippen molar-refractivity contribution in [1.29, 1.82) is 0 Å². The number of anilines is 1. The first-order valence-electron chi connectivity index (χ1n) is 6.13. The number of hydrogen-bond donors (Lipinski definition) is 1. The van der Waals surface area contributed by atoms with E-state index in [1.165, 1.54) is 4.80 Å². The van der Waals surface area contributed by atoms with Gasteiger partial charge in [0.2, 0.25) is 5.82 Å². The second-order valence-electron chi connectivity index (χ2n) is 4.77. The number of rotatable bonds is 4. The van der Waals surface area contributed by atoms with Crippen LogP contribution >= 0.6 is 11.6 Å². The van der Waals surface area contributed by atoms with Crippen LogP contribution in [0.15, 0.2) is 18.2 Å². The smallest absolute Gasteiger partial charge is 0.253 e. The van der Waals surface area contributed by atoms with Gasteiger partial charge in [-0.05, 0) is 23.4 Å². The Balaban J connectivity index is 1.79. The molecule has 5 nitrogen and oxygen atoms in total. The van der Waals surface area contributed by atoms with Crippen molar-refractivity contribution in [2.75, 3.05) is 12.4 Å². The van der Waals surface area contributed by atoms with Gasteiger partial charge in [-0.1, -0.05) is 11.6 Å². The summed E-state index contributed by atoms with van der Waals surface area (Å²) < 4.78 is 25.7. The first kappa shape index (κ1) is 13.2. The van der Waals surface area contributed by atoms with E-state index in [9.17, 15) is 8.78 Å². The van der Waals surface area contributed by atoms with E-state index in [1.54, 1.807) is 25.2 Å². The van der Waals surface area contributed by atoms with Gasteiger partial charge in [-0.2, -0.15) is 4.80 Å². The maximum absolute atomic E-state index is 12.8. The Kier molecular flexibility index (Phi) is 3.08. The third-order valence-corrected chi connectivity index (χ3v) is 3.62. The lowest BCUT2D eigenvalue weighted by Gasteiger charge is -2.04. The predicted molar refractivity (Wildman–Crippen MR) is 70.9 cm³/mol. The second-order valence-corrected chi connectivity index (χ2v) is 5.18. The van der Waals surface area contributed by atoms with Crippen molar-refractivity contribution in [3.05, 3.63) is 23.2 Å². The van der Waals surface area contributed by atoms with E-state index in [4.69, 9.17) is 11.6 Å². The fourth-order valence-electron chi connectivity index (χ4n) is 1.96. The molecule has 0 aliphatic heterocycles. The van der Waals surface area contributed by atoms with Crippen LogP contribution in [0.1, 0.15) is 6.42 Å². The molecule has 3 rings (SSSR count). The summed E-state index contributed by atoms with van der Waals surface area (Å²) in [4.78, 5) is 1.22. The van der Waals surface area contributed by atoms with Crippen LogP contribution in [0, 0.1) is 5.92 Å². The molecule has 0 radical (unpaired) electrons. The van der Waals surface area contributed by atoms with Crippen molar-refractivity contribution in [3.8, 4) is 11.4 Å². The van der Waals surface area contributed by atoms with Crippen molar-refractivity contribution in [2.45, 2.75) is 18.9 Å². The summed E-state index contributed by atoms with van der Waals surface area (Å²) in [7, 11) is 1.75. The number of aromatic nitrogens is 4. The molecule has 1 aromatic carbocycles. The Morgan fingerprint density at radius 2 is 2.25 bits per heavy atom.